The summed E-state index contributed by atoms with van der Waals surface area (Å²) in [4.78, 5) is 14.0. The molecule has 0 aliphatic rings. The average Bonchev–Trinajstić information content (AvgIpc) is 2.34. The molecule has 0 fully saturated rings. The van der Waals surface area contributed by atoms with Crippen LogP contribution in [0.15, 0.2) is 41.1 Å². The Morgan fingerprint density at radius 1 is 1.33 bits per heavy atom. The molecule has 18 heavy (non-hydrogen) atoms. The first kappa shape index (κ1) is 12.3. The lowest BCUT2D eigenvalue weighted by Crippen LogP contribution is -1.97. The summed E-state index contributed by atoms with van der Waals surface area (Å²) < 4.78 is 5.87. The number of hydrogen-bond donors (Lipinski definition) is 1. The van der Waals surface area contributed by atoms with Crippen LogP contribution in [-0.2, 0) is 0 Å². The first-order chi connectivity index (χ1) is 8.59. The molecule has 0 atom stereocenters. The van der Waals surface area contributed by atoms with Crippen LogP contribution in [0.5, 0.6) is 11.5 Å². The highest BCUT2D eigenvalue weighted by atomic mass is 79.9. The number of anilines is 1. The van der Waals surface area contributed by atoms with Gasteiger partial charge in [-0.15, -0.1) is 0 Å². The average molecular weight is 310 g/mol. The van der Waals surface area contributed by atoms with Crippen LogP contribution in [0.2, 0.25) is 0 Å². The fourth-order valence-electron chi connectivity index (χ4n) is 1.33. The van der Waals surface area contributed by atoms with Crippen molar-refractivity contribution in [3.05, 3.63) is 51.2 Å². The van der Waals surface area contributed by atoms with E-state index in [-0.39, 0.29) is 11.4 Å². The van der Waals surface area contributed by atoms with Crippen LogP contribution in [0.4, 0.5) is 11.4 Å². The Morgan fingerprint density at radius 2 is 2.06 bits per heavy atom. The summed E-state index contributed by atoms with van der Waals surface area (Å²) in [5, 5.41) is 10.9. The minimum Gasteiger partial charge on any atom is -0.447 e. The maximum Gasteiger partial charge on any atom is 0.330 e. The Morgan fingerprint density at radius 3 is 2.72 bits per heavy atom. The van der Waals surface area contributed by atoms with E-state index in [1.165, 1.54) is 6.20 Å². The highest BCUT2D eigenvalue weighted by Crippen LogP contribution is 2.38. The van der Waals surface area contributed by atoms with E-state index in [2.05, 4.69) is 20.9 Å². The molecular formula is C11H8BrN3O3. The van der Waals surface area contributed by atoms with Gasteiger partial charge in [0, 0.05) is 6.20 Å². The van der Waals surface area contributed by atoms with Crippen molar-refractivity contribution in [3.8, 4) is 11.5 Å². The van der Waals surface area contributed by atoms with Crippen molar-refractivity contribution in [3.63, 3.8) is 0 Å². The first-order valence-corrected chi connectivity index (χ1v) is 5.69. The normalized spacial score (nSPS) is 10.1. The number of nitrogens with two attached hydrogens (primary N) is 1. The van der Waals surface area contributed by atoms with E-state index in [4.69, 9.17) is 10.5 Å². The number of para-hydroxylation sites is 2. The molecule has 0 aliphatic heterocycles. The summed E-state index contributed by atoms with van der Waals surface area (Å²) >= 11 is 3.16. The quantitative estimate of drug-likeness (QED) is 0.534. The molecule has 2 N–H and O–H groups in total. The zero-order valence-electron chi connectivity index (χ0n) is 9.04. The van der Waals surface area contributed by atoms with Gasteiger partial charge in [-0.25, -0.2) is 0 Å². The third-order valence-corrected chi connectivity index (χ3v) is 2.73. The highest BCUT2D eigenvalue weighted by Gasteiger charge is 2.20. The summed E-state index contributed by atoms with van der Waals surface area (Å²) in [7, 11) is 0. The largest absolute Gasteiger partial charge is 0.447 e. The van der Waals surface area contributed by atoms with Gasteiger partial charge in [0.05, 0.1) is 15.1 Å². The number of benzene rings is 1. The molecule has 6 nitrogen and oxygen atoms in total. The van der Waals surface area contributed by atoms with Crippen LogP contribution >= 0.6 is 15.9 Å². The van der Waals surface area contributed by atoms with Gasteiger partial charge in [-0.05, 0) is 28.1 Å². The molecule has 0 saturated carbocycles. The van der Waals surface area contributed by atoms with Gasteiger partial charge in [0.1, 0.15) is 6.20 Å². The Hall–Kier alpha value is -2.15. The van der Waals surface area contributed by atoms with Gasteiger partial charge < -0.3 is 10.5 Å². The molecule has 0 saturated heterocycles. The number of nitrogens with zero attached hydrogens (tertiary/aromatic N) is 2. The van der Waals surface area contributed by atoms with Crippen LogP contribution in [0.1, 0.15) is 0 Å². The second kappa shape index (κ2) is 5.01. The van der Waals surface area contributed by atoms with Crippen molar-refractivity contribution < 1.29 is 9.66 Å². The topological polar surface area (TPSA) is 91.3 Å². The van der Waals surface area contributed by atoms with Crippen molar-refractivity contribution >= 4 is 27.3 Å². The van der Waals surface area contributed by atoms with Gasteiger partial charge in [0.25, 0.3) is 0 Å². The third kappa shape index (κ3) is 2.40. The number of nitrogen functional groups attached to an aromatic ring is 1. The molecule has 1 heterocycles. The monoisotopic (exact) mass is 309 g/mol. The number of pyridine rings is 1. The summed E-state index contributed by atoms with van der Waals surface area (Å²) in [5.74, 6) is 0.431. The van der Waals surface area contributed by atoms with Crippen LogP contribution in [0.25, 0.3) is 0 Å². The van der Waals surface area contributed by atoms with Gasteiger partial charge >= 0.3 is 5.69 Å². The van der Waals surface area contributed by atoms with Crippen LogP contribution in [0.3, 0.4) is 0 Å². The van der Waals surface area contributed by atoms with Crippen LogP contribution in [0, 0.1) is 10.1 Å². The van der Waals surface area contributed by atoms with Crippen molar-refractivity contribution in [2.24, 2.45) is 0 Å². The number of nitro groups is 1. The molecule has 7 heteroatoms. The van der Waals surface area contributed by atoms with E-state index >= 15 is 0 Å². The maximum atomic E-state index is 10.9. The van der Waals surface area contributed by atoms with Crippen molar-refractivity contribution in [2.75, 3.05) is 5.73 Å². The number of halogens is 1. The van der Waals surface area contributed by atoms with E-state index in [9.17, 15) is 10.1 Å². The van der Waals surface area contributed by atoms with Gasteiger partial charge in [0.15, 0.2) is 5.75 Å². The third-order valence-electron chi connectivity index (χ3n) is 2.16. The Labute approximate surface area is 111 Å². The molecular weight excluding hydrogens is 302 g/mol. The maximum absolute atomic E-state index is 10.9. The minimum absolute atomic E-state index is 0.0768. The second-order valence-electron chi connectivity index (χ2n) is 3.37. The zero-order valence-corrected chi connectivity index (χ0v) is 10.6. The van der Waals surface area contributed by atoms with Crippen LogP contribution in [-0.4, -0.2) is 9.91 Å². The minimum atomic E-state index is -0.563. The Bertz CT molecular complexity index is 604. The van der Waals surface area contributed by atoms with Crippen LogP contribution < -0.4 is 10.5 Å². The van der Waals surface area contributed by atoms with Gasteiger partial charge in [-0.1, -0.05) is 12.1 Å². The molecule has 0 radical (unpaired) electrons. The second-order valence-corrected chi connectivity index (χ2v) is 4.22. The predicted octanol–water partition coefficient (Wildman–Crippen LogP) is 3.13. The molecule has 0 aliphatic carbocycles. The molecule has 1 aromatic carbocycles. The fourth-order valence-corrected chi connectivity index (χ4v) is 1.73. The number of aromatic nitrogens is 1. The number of hydrogen-bond acceptors (Lipinski definition) is 5. The Kier molecular flexibility index (Phi) is 3.42. The lowest BCUT2D eigenvalue weighted by atomic mass is 10.3. The van der Waals surface area contributed by atoms with E-state index in [0.29, 0.717) is 15.9 Å². The molecule has 0 spiro atoms. The predicted molar refractivity (Wildman–Crippen MR) is 69.5 cm³/mol. The van der Waals surface area contributed by atoms with E-state index in [1.807, 2.05) is 0 Å². The standard InChI is InChI=1S/C11H8BrN3O3/c12-7-5-14-6-9(15(16)17)11(7)18-10-4-2-1-3-8(10)13/h1-6H,13H2. The van der Waals surface area contributed by atoms with Gasteiger partial charge in [-0.2, -0.15) is 0 Å². The summed E-state index contributed by atoms with van der Waals surface area (Å²) in [6.45, 7) is 0. The van der Waals surface area contributed by atoms with Gasteiger partial charge in [0.2, 0.25) is 5.75 Å². The SMILES string of the molecule is Nc1ccccc1Oc1c(Br)cncc1[N+](=O)[O-]. The molecule has 2 rings (SSSR count). The molecule has 2 aromatic rings. The molecule has 92 valence electrons. The van der Waals surface area contributed by atoms with Gasteiger partial charge in [-0.3, -0.25) is 15.1 Å². The summed E-state index contributed by atoms with van der Waals surface area (Å²) in [5.41, 5.74) is 5.89. The summed E-state index contributed by atoms with van der Waals surface area (Å²) in [6, 6.07) is 6.76. The van der Waals surface area contributed by atoms with Crippen molar-refractivity contribution in [1.82, 2.24) is 4.98 Å². The molecule has 0 amide bonds. The lowest BCUT2D eigenvalue weighted by molar-refractivity contribution is -0.386. The first-order valence-electron chi connectivity index (χ1n) is 4.90. The fraction of sp³-hybridized carbons (Fsp3) is 0. The van der Waals surface area contributed by atoms with Crippen molar-refractivity contribution in [2.45, 2.75) is 0 Å². The van der Waals surface area contributed by atoms with E-state index < -0.39 is 4.92 Å². The number of rotatable bonds is 3. The van der Waals surface area contributed by atoms with E-state index in [0.717, 1.165) is 6.20 Å². The lowest BCUT2D eigenvalue weighted by Gasteiger charge is -2.09. The van der Waals surface area contributed by atoms with Crippen molar-refractivity contribution in [1.29, 1.82) is 0 Å². The molecule has 0 bridgehead atoms. The Balaban J connectivity index is 2.46. The zero-order chi connectivity index (χ0) is 13.1. The number of ether oxygens (including phenoxy) is 1. The molecule has 1 aromatic heterocycles. The smallest absolute Gasteiger partial charge is 0.330 e. The summed E-state index contributed by atoms with van der Waals surface area (Å²) in [6.07, 6.45) is 2.54. The van der Waals surface area contributed by atoms with E-state index in [1.54, 1.807) is 24.3 Å². The highest BCUT2D eigenvalue weighted by molar-refractivity contribution is 9.10. The molecule has 0 unspecified atom stereocenters.